The van der Waals surface area contributed by atoms with Crippen LogP contribution in [-0.4, -0.2) is 62.0 Å². The molecule has 0 amide bonds. The Labute approximate surface area is 183 Å². The van der Waals surface area contributed by atoms with E-state index in [1.165, 1.54) is 17.7 Å². The molecule has 1 aromatic rings. The Morgan fingerprint density at radius 1 is 1.23 bits per heavy atom. The summed E-state index contributed by atoms with van der Waals surface area (Å²) in [4.78, 5) is 2.51. The van der Waals surface area contributed by atoms with E-state index < -0.39 is 9.87 Å². The summed E-state index contributed by atoms with van der Waals surface area (Å²) < 4.78 is 27.3. The number of likely N-dealkylation sites (tertiary alicyclic amines) is 1. The predicted octanol–water partition coefficient (Wildman–Crippen LogP) is 3.32. The molecule has 4 atom stereocenters. The third-order valence-electron chi connectivity index (χ3n) is 9.45. The van der Waals surface area contributed by atoms with Crippen LogP contribution in [-0.2, 0) is 21.7 Å². The van der Waals surface area contributed by atoms with Gasteiger partial charge in [-0.15, -0.1) is 0 Å². The first-order valence-corrected chi connectivity index (χ1v) is 12.6. The van der Waals surface area contributed by atoms with Gasteiger partial charge in [0.15, 0.2) is 9.87 Å². The number of aromatic hydroxyl groups is 1. The number of hydrogen-bond donors (Lipinski definition) is 1. The average Bonchev–Trinajstić information content (AvgIpc) is 2.67. The van der Waals surface area contributed by atoms with Gasteiger partial charge in [0.2, 0.25) is 0 Å². The van der Waals surface area contributed by atoms with E-state index in [1.54, 1.807) is 18.2 Å². The maximum absolute atomic E-state index is 12.8. The largest absolute Gasteiger partial charge is 0.508 e. The molecule has 1 saturated carbocycles. The lowest BCUT2D eigenvalue weighted by Gasteiger charge is -2.72. The fraction of sp³-hybridized carbons (Fsp3) is 0.739. The van der Waals surface area contributed by atoms with Crippen molar-refractivity contribution in [2.75, 3.05) is 20.6 Å². The van der Waals surface area contributed by atoms with Crippen LogP contribution in [0.4, 0.5) is 0 Å². The van der Waals surface area contributed by atoms with Gasteiger partial charge in [0.25, 0.3) is 6.56 Å². The molecule has 7 heteroatoms. The van der Waals surface area contributed by atoms with Crippen LogP contribution in [0.15, 0.2) is 12.1 Å². The van der Waals surface area contributed by atoms with Crippen LogP contribution in [0.25, 0.3) is 0 Å². The quantitative estimate of drug-likeness (QED) is 0.746. The number of benzene rings is 1. The monoisotopic (exact) mass is 431 g/mol. The van der Waals surface area contributed by atoms with Crippen LogP contribution in [0.1, 0.15) is 56.7 Å². The zero-order chi connectivity index (χ0) is 22.3. The van der Waals surface area contributed by atoms with Crippen LogP contribution in [0.3, 0.4) is 0 Å². The molecule has 4 rings (SSSR count). The number of phenols is 1. The van der Waals surface area contributed by atoms with Crippen molar-refractivity contribution in [2.24, 2.45) is 10.8 Å². The van der Waals surface area contributed by atoms with Crippen LogP contribution in [0, 0.1) is 17.8 Å². The number of hydrogen-bond acceptors (Lipinski definition) is 4. The first-order chi connectivity index (χ1) is 13.8. The fourth-order valence-electron chi connectivity index (χ4n) is 7.90. The molecule has 0 aromatic heterocycles. The lowest BCUT2D eigenvalue weighted by atomic mass is 9.36. The molecular formula is C23H36BN2O3S. The molecule has 1 N–H and O–H groups in total. The summed E-state index contributed by atoms with van der Waals surface area (Å²) in [6, 6.07) is 4.26. The third kappa shape index (κ3) is 2.52. The van der Waals surface area contributed by atoms with Gasteiger partial charge in [0.05, 0.1) is 0 Å². The molecular weight excluding hydrogens is 395 g/mol. The predicted molar refractivity (Wildman–Crippen MR) is 122 cm³/mol. The van der Waals surface area contributed by atoms with Gasteiger partial charge in [-0.3, -0.25) is 0 Å². The summed E-state index contributed by atoms with van der Waals surface area (Å²) in [7, 11) is 0.564. The minimum atomic E-state index is -3.41. The Morgan fingerprint density at radius 3 is 2.53 bits per heavy atom. The number of likely N-dealkylation sites (N-methyl/N-ethyl adjacent to an activating group) is 1. The fourth-order valence-corrected chi connectivity index (χ4v) is 8.96. The maximum Gasteiger partial charge on any atom is 0.297 e. The van der Waals surface area contributed by atoms with E-state index in [0.717, 1.165) is 37.8 Å². The smallest absolute Gasteiger partial charge is 0.297 e. The highest BCUT2D eigenvalue weighted by Gasteiger charge is 2.70. The molecule has 0 spiro atoms. The van der Waals surface area contributed by atoms with Gasteiger partial charge in [-0.05, 0) is 79.8 Å². The number of nitrogens with zero attached hydrogens (tertiary/aromatic N) is 2. The van der Waals surface area contributed by atoms with Crippen molar-refractivity contribution < 1.29 is 13.5 Å². The first kappa shape index (κ1) is 22.2. The molecule has 1 radical (unpaired) electrons. The minimum Gasteiger partial charge on any atom is -0.508 e. The highest BCUT2D eigenvalue weighted by Crippen LogP contribution is 2.70. The highest BCUT2D eigenvalue weighted by atomic mass is 32.2. The van der Waals surface area contributed by atoms with Crippen molar-refractivity contribution in [3.05, 3.63) is 28.8 Å². The molecule has 2 bridgehead atoms. The molecule has 2 unspecified atom stereocenters. The normalized spacial score (nSPS) is 35.6. The van der Waals surface area contributed by atoms with Crippen molar-refractivity contribution >= 4 is 16.4 Å². The van der Waals surface area contributed by atoms with E-state index in [0.29, 0.717) is 11.8 Å². The molecule has 3 aliphatic rings. The van der Waals surface area contributed by atoms with E-state index >= 15 is 0 Å². The van der Waals surface area contributed by atoms with Crippen molar-refractivity contribution in [2.45, 2.75) is 77.7 Å². The number of piperidine rings is 1. The second-order valence-electron chi connectivity index (χ2n) is 10.6. The van der Waals surface area contributed by atoms with Crippen LogP contribution < -0.4 is 0 Å². The van der Waals surface area contributed by atoms with E-state index in [4.69, 9.17) is 0 Å². The molecule has 1 aliphatic heterocycles. The lowest BCUT2D eigenvalue weighted by Crippen LogP contribution is -2.75. The minimum absolute atomic E-state index is 0.0199. The second kappa shape index (κ2) is 6.73. The van der Waals surface area contributed by atoms with Gasteiger partial charge in [-0.1, -0.05) is 33.7 Å². The van der Waals surface area contributed by atoms with Crippen LogP contribution in [0.5, 0.6) is 5.75 Å². The van der Waals surface area contributed by atoms with Gasteiger partial charge in [0.1, 0.15) is 5.75 Å². The van der Waals surface area contributed by atoms with Gasteiger partial charge in [-0.2, -0.15) is 0 Å². The Hall–Kier alpha value is -1.05. The summed E-state index contributed by atoms with van der Waals surface area (Å²) in [6.07, 6.45) is 3.80. The SMILES string of the molecule is C[B]S(=O)(=O)N(C)C1CCC2(C)[C@@H]3Cc4ccc(O)c(C)c4[C@@]2(CCN3C)C1(C)C. The van der Waals surface area contributed by atoms with Crippen molar-refractivity contribution in [3.63, 3.8) is 0 Å². The van der Waals surface area contributed by atoms with Crippen molar-refractivity contribution in [1.82, 2.24) is 9.21 Å². The molecule has 2 aliphatic carbocycles. The Morgan fingerprint density at radius 2 is 1.90 bits per heavy atom. The third-order valence-corrected chi connectivity index (χ3v) is 11.1. The zero-order valence-electron chi connectivity index (χ0n) is 19.5. The second-order valence-corrected chi connectivity index (χ2v) is 12.7. The summed E-state index contributed by atoms with van der Waals surface area (Å²) in [6.45, 7) is 12.9. The molecule has 1 aromatic carbocycles. The Kier molecular flexibility index (Phi) is 4.97. The number of rotatable bonds is 3. The molecule has 5 nitrogen and oxygen atoms in total. The zero-order valence-corrected chi connectivity index (χ0v) is 20.3. The summed E-state index contributed by atoms with van der Waals surface area (Å²) >= 11 is 0. The molecule has 30 heavy (non-hydrogen) atoms. The van der Waals surface area contributed by atoms with E-state index in [-0.39, 0.29) is 22.3 Å². The topological polar surface area (TPSA) is 60.9 Å². The van der Waals surface area contributed by atoms with Gasteiger partial charge < -0.3 is 10.0 Å². The summed E-state index contributed by atoms with van der Waals surface area (Å²) in [5.74, 6) is 0.351. The van der Waals surface area contributed by atoms with E-state index in [9.17, 15) is 13.5 Å². The molecule has 1 saturated heterocycles. The Bertz CT molecular complexity index is 979. The van der Waals surface area contributed by atoms with Crippen LogP contribution in [0.2, 0.25) is 6.82 Å². The molecule has 165 valence electrons. The summed E-state index contributed by atoms with van der Waals surface area (Å²) in [5.41, 5.74) is 3.11. The Balaban J connectivity index is 2.01. The van der Waals surface area contributed by atoms with Gasteiger partial charge in [0, 0.05) is 24.5 Å². The van der Waals surface area contributed by atoms with Gasteiger partial charge in [-0.25, -0.2) is 12.7 Å². The lowest BCUT2D eigenvalue weighted by molar-refractivity contribution is -0.154. The maximum atomic E-state index is 12.8. The number of phenolic OH excluding ortho intramolecular Hbond substituents is 1. The molecule has 2 fully saturated rings. The van der Waals surface area contributed by atoms with Gasteiger partial charge >= 0.3 is 0 Å². The van der Waals surface area contributed by atoms with E-state index in [2.05, 4.69) is 38.8 Å². The van der Waals surface area contributed by atoms with Crippen LogP contribution >= 0.6 is 0 Å². The number of fused-ring (bicyclic) bond motifs is 1. The average molecular weight is 431 g/mol. The highest BCUT2D eigenvalue weighted by molar-refractivity contribution is 8.13. The molecule has 1 heterocycles. The first-order valence-electron chi connectivity index (χ1n) is 11.1. The standard InChI is InChI=1S/C23H36BN2O3S/c1-15-17(27)9-8-16-14-19-22(4)11-10-18(26(7)30(28,29)24-5)21(2,3)23(22,20(15)16)12-13-25(19)6/h8-9,18-19,27H,10-14H2,1-7H3/t18?,19-,22?,23-/m0/s1. The summed E-state index contributed by atoms with van der Waals surface area (Å²) in [5, 5.41) is 10.7. The van der Waals surface area contributed by atoms with E-state index in [1.807, 2.05) is 13.0 Å². The van der Waals surface area contributed by atoms with Crippen molar-refractivity contribution in [3.8, 4) is 5.75 Å². The van der Waals surface area contributed by atoms with Crippen molar-refractivity contribution in [1.29, 1.82) is 0 Å².